The Morgan fingerprint density at radius 2 is 1.29 bits per heavy atom. The van der Waals surface area contributed by atoms with Gasteiger partial charge in [-0.1, -0.05) is 73.6 Å². The fourth-order valence-electron chi connectivity index (χ4n) is 3.14. The minimum atomic E-state index is 0.681. The van der Waals surface area contributed by atoms with Gasteiger partial charge in [-0.3, -0.25) is 0 Å². The molecule has 0 heterocycles. The summed E-state index contributed by atoms with van der Waals surface area (Å²) in [5, 5.41) is 3.61. The molecule has 0 amide bonds. The van der Waals surface area contributed by atoms with Gasteiger partial charge in [-0.2, -0.15) is 0 Å². The van der Waals surface area contributed by atoms with E-state index in [1.165, 1.54) is 44.9 Å². The van der Waals surface area contributed by atoms with Gasteiger partial charge in [0, 0.05) is 6.04 Å². The zero-order valence-electron chi connectivity index (χ0n) is 16.0. The number of nitrogens with one attached hydrogen (secondary N) is 1. The van der Waals surface area contributed by atoms with E-state index in [4.69, 9.17) is 0 Å². The van der Waals surface area contributed by atoms with Gasteiger partial charge in [-0.15, -0.1) is 0 Å². The van der Waals surface area contributed by atoms with Crippen molar-refractivity contribution in [3.8, 4) is 0 Å². The third-order valence-electron chi connectivity index (χ3n) is 5.38. The summed E-state index contributed by atoms with van der Waals surface area (Å²) in [7, 11) is 0. The highest BCUT2D eigenvalue weighted by Gasteiger charge is 2.14. The van der Waals surface area contributed by atoms with Crippen LogP contribution in [0.2, 0.25) is 0 Å². The molecule has 5 unspecified atom stereocenters. The minimum Gasteiger partial charge on any atom is -0.314 e. The SMILES string of the molecule is CCCNC(C)CC(C)CCC(C)CCC(C)C(C)CC. The van der Waals surface area contributed by atoms with Crippen LogP contribution in [0.3, 0.4) is 0 Å². The van der Waals surface area contributed by atoms with Gasteiger partial charge < -0.3 is 5.32 Å². The van der Waals surface area contributed by atoms with E-state index in [1.807, 2.05) is 0 Å². The van der Waals surface area contributed by atoms with Crippen molar-refractivity contribution in [3.63, 3.8) is 0 Å². The second-order valence-electron chi connectivity index (χ2n) is 7.82. The first-order valence-corrected chi connectivity index (χ1v) is 9.63. The van der Waals surface area contributed by atoms with Crippen molar-refractivity contribution in [3.05, 3.63) is 0 Å². The first kappa shape index (κ1) is 21.0. The lowest BCUT2D eigenvalue weighted by Gasteiger charge is -2.22. The molecule has 0 aromatic carbocycles. The van der Waals surface area contributed by atoms with Gasteiger partial charge in [-0.05, 0) is 50.0 Å². The Morgan fingerprint density at radius 1 is 0.714 bits per heavy atom. The van der Waals surface area contributed by atoms with Crippen LogP contribution in [0, 0.1) is 23.7 Å². The second kappa shape index (κ2) is 12.5. The fourth-order valence-corrected chi connectivity index (χ4v) is 3.14. The lowest BCUT2D eigenvalue weighted by molar-refractivity contribution is 0.305. The normalized spacial score (nSPS) is 19.0. The van der Waals surface area contributed by atoms with Crippen molar-refractivity contribution >= 4 is 0 Å². The molecule has 1 heteroatoms. The maximum atomic E-state index is 3.61. The smallest absolute Gasteiger partial charge is 0.00412 e. The lowest BCUT2D eigenvalue weighted by Crippen LogP contribution is -2.28. The standard InChI is InChI=1S/C20H43N/c1-8-14-21-20(7)15-17(4)11-10-16(3)12-13-19(6)18(5)9-2/h16-21H,8-15H2,1-7H3. The number of hydrogen-bond donors (Lipinski definition) is 1. The van der Waals surface area contributed by atoms with Gasteiger partial charge in [0.1, 0.15) is 0 Å². The van der Waals surface area contributed by atoms with Gasteiger partial charge in [0.15, 0.2) is 0 Å². The maximum Gasteiger partial charge on any atom is 0.00412 e. The molecule has 0 bridgehead atoms. The predicted octanol–water partition coefficient (Wildman–Crippen LogP) is 6.28. The van der Waals surface area contributed by atoms with Crippen LogP contribution in [0.25, 0.3) is 0 Å². The van der Waals surface area contributed by atoms with E-state index in [1.54, 1.807) is 0 Å². The fraction of sp³-hybridized carbons (Fsp3) is 1.00. The van der Waals surface area contributed by atoms with Crippen LogP contribution >= 0.6 is 0 Å². The first-order valence-electron chi connectivity index (χ1n) is 9.63. The molecule has 0 saturated heterocycles. The maximum absolute atomic E-state index is 3.61. The molecule has 1 nitrogen and oxygen atoms in total. The van der Waals surface area contributed by atoms with Crippen LogP contribution in [0.15, 0.2) is 0 Å². The molecule has 21 heavy (non-hydrogen) atoms. The highest BCUT2D eigenvalue weighted by Crippen LogP contribution is 2.25. The van der Waals surface area contributed by atoms with Crippen molar-refractivity contribution in [1.29, 1.82) is 0 Å². The molecule has 0 aliphatic rings. The Morgan fingerprint density at radius 3 is 1.86 bits per heavy atom. The summed E-state index contributed by atoms with van der Waals surface area (Å²) >= 11 is 0. The van der Waals surface area contributed by atoms with E-state index in [0.29, 0.717) is 6.04 Å². The van der Waals surface area contributed by atoms with Crippen LogP contribution < -0.4 is 5.32 Å². The molecule has 1 N–H and O–H groups in total. The van der Waals surface area contributed by atoms with Gasteiger partial charge in [0.05, 0.1) is 0 Å². The number of rotatable bonds is 13. The lowest BCUT2D eigenvalue weighted by atomic mass is 9.85. The number of hydrogen-bond acceptors (Lipinski definition) is 1. The predicted molar refractivity (Wildman–Crippen MR) is 97.8 cm³/mol. The van der Waals surface area contributed by atoms with Gasteiger partial charge >= 0.3 is 0 Å². The van der Waals surface area contributed by atoms with Crippen molar-refractivity contribution in [2.75, 3.05) is 6.54 Å². The van der Waals surface area contributed by atoms with E-state index in [0.717, 1.165) is 30.2 Å². The monoisotopic (exact) mass is 297 g/mol. The van der Waals surface area contributed by atoms with Crippen LogP contribution in [0.1, 0.15) is 93.4 Å². The molecular formula is C20H43N. The van der Waals surface area contributed by atoms with E-state index >= 15 is 0 Å². The summed E-state index contributed by atoms with van der Waals surface area (Å²) in [6.45, 7) is 17.8. The molecule has 0 spiro atoms. The Hall–Kier alpha value is -0.0400. The molecule has 0 rings (SSSR count). The topological polar surface area (TPSA) is 12.0 Å². The molecule has 0 fully saturated rings. The van der Waals surface area contributed by atoms with Gasteiger partial charge in [-0.25, -0.2) is 0 Å². The molecule has 5 atom stereocenters. The van der Waals surface area contributed by atoms with Crippen LogP contribution in [0.4, 0.5) is 0 Å². The second-order valence-corrected chi connectivity index (χ2v) is 7.82. The van der Waals surface area contributed by atoms with Gasteiger partial charge in [0.2, 0.25) is 0 Å². The van der Waals surface area contributed by atoms with E-state index in [-0.39, 0.29) is 0 Å². The third kappa shape index (κ3) is 11.2. The summed E-state index contributed by atoms with van der Waals surface area (Å²) in [6.07, 6.45) is 9.54. The molecule has 0 aromatic heterocycles. The quantitative estimate of drug-likeness (QED) is 0.422. The molecule has 0 aromatic rings. The minimum absolute atomic E-state index is 0.681. The summed E-state index contributed by atoms with van der Waals surface area (Å²) < 4.78 is 0. The molecular weight excluding hydrogens is 254 g/mol. The Kier molecular flexibility index (Phi) is 12.5. The van der Waals surface area contributed by atoms with Crippen molar-refractivity contribution in [2.45, 2.75) is 99.5 Å². The average molecular weight is 298 g/mol. The zero-order valence-corrected chi connectivity index (χ0v) is 16.0. The van der Waals surface area contributed by atoms with Crippen molar-refractivity contribution < 1.29 is 0 Å². The Balaban J connectivity index is 3.74. The molecule has 0 aliphatic heterocycles. The van der Waals surface area contributed by atoms with E-state index < -0.39 is 0 Å². The largest absolute Gasteiger partial charge is 0.314 e. The highest BCUT2D eigenvalue weighted by molar-refractivity contribution is 4.68. The van der Waals surface area contributed by atoms with Gasteiger partial charge in [0.25, 0.3) is 0 Å². The van der Waals surface area contributed by atoms with Crippen LogP contribution in [0.5, 0.6) is 0 Å². The average Bonchev–Trinajstić information content (AvgIpc) is 2.47. The third-order valence-corrected chi connectivity index (χ3v) is 5.38. The highest BCUT2D eigenvalue weighted by atomic mass is 14.9. The first-order chi connectivity index (χ1) is 9.90. The van der Waals surface area contributed by atoms with Crippen LogP contribution in [-0.4, -0.2) is 12.6 Å². The van der Waals surface area contributed by atoms with E-state index in [2.05, 4.69) is 53.8 Å². The Labute approximate surface area is 135 Å². The van der Waals surface area contributed by atoms with Crippen molar-refractivity contribution in [1.82, 2.24) is 5.32 Å². The van der Waals surface area contributed by atoms with Crippen LogP contribution in [-0.2, 0) is 0 Å². The molecule has 128 valence electrons. The van der Waals surface area contributed by atoms with Crippen molar-refractivity contribution in [2.24, 2.45) is 23.7 Å². The summed E-state index contributed by atoms with van der Waals surface area (Å²) in [5.74, 6) is 3.55. The molecule has 0 radical (unpaired) electrons. The summed E-state index contributed by atoms with van der Waals surface area (Å²) in [6, 6.07) is 0.681. The summed E-state index contributed by atoms with van der Waals surface area (Å²) in [4.78, 5) is 0. The molecule has 0 saturated carbocycles. The molecule has 0 aliphatic carbocycles. The zero-order chi connectivity index (χ0) is 16.3. The Bertz CT molecular complexity index is 226. The van der Waals surface area contributed by atoms with E-state index in [9.17, 15) is 0 Å². The summed E-state index contributed by atoms with van der Waals surface area (Å²) in [5.41, 5.74) is 0.